The molecule has 2 aliphatic carbocycles. The topological polar surface area (TPSA) is 63.7 Å². The Kier molecular flexibility index (Phi) is 4.35. The molecular weight excluding hydrogens is 378 g/mol. The molecule has 0 aromatic heterocycles. The maximum atomic E-state index is 13.3. The summed E-state index contributed by atoms with van der Waals surface area (Å²) >= 11 is 0. The monoisotopic (exact) mass is 401 g/mol. The first kappa shape index (κ1) is 18.8. The number of ether oxygens (including phenoxy) is 1. The molecule has 3 aliphatic rings. The fourth-order valence-corrected chi connectivity index (χ4v) is 5.33. The molecule has 1 aliphatic heterocycles. The van der Waals surface area contributed by atoms with Crippen molar-refractivity contribution in [2.24, 2.45) is 23.7 Å². The second-order valence-corrected chi connectivity index (χ2v) is 8.44. The number of rotatable bonds is 5. The zero-order valence-corrected chi connectivity index (χ0v) is 16.9. The molecule has 2 amide bonds. The van der Waals surface area contributed by atoms with E-state index < -0.39 is 6.10 Å². The van der Waals surface area contributed by atoms with Crippen LogP contribution in [0.2, 0.25) is 0 Å². The smallest absolute Gasteiger partial charge is 0.238 e. The quantitative estimate of drug-likeness (QED) is 0.431. The molecule has 5 atom stereocenters. The van der Waals surface area contributed by atoms with Crippen LogP contribution in [0.3, 0.4) is 0 Å². The molecule has 1 heterocycles. The summed E-state index contributed by atoms with van der Waals surface area (Å²) < 4.78 is 5.97. The Labute approximate surface area is 175 Å². The first-order valence-corrected chi connectivity index (χ1v) is 10.4. The fraction of sp³-hybridized carbons (Fsp3) is 0.320. The summed E-state index contributed by atoms with van der Waals surface area (Å²) in [6, 6.07) is 15.9. The second-order valence-electron chi connectivity index (χ2n) is 8.44. The molecular formula is C25H23NO4. The number of fused-ring (bicyclic) bond motifs is 5. The van der Waals surface area contributed by atoms with E-state index in [-0.39, 0.29) is 41.3 Å². The first-order valence-electron chi connectivity index (χ1n) is 10.4. The Hall–Kier alpha value is -3.21. The van der Waals surface area contributed by atoms with Crippen molar-refractivity contribution in [3.63, 3.8) is 0 Å². The number of hydrogen-bond acceptors (Lipinski definition) is 4. The third kappa shape index (κ3) is 2.72. The van der Waals surface area contributed by atoms with E-state index in [0.29, 0.717) is 17.0 Å². The van der Waals surface area contributed by atoms with Crippen LogP contribution in [0.15, 0.2) is 66.2 Å². The van der Waals surface area contributed by atoms with Gasteiger partial charge in [-0.2, -0.15) is 0 Å². The Morgan fingerprint density at radius 3 is 2.43 bits per heavy atom. The Balaban J connectivity index is 1.43. The van der Waals surface area contributed by atoms with Gasteiger partial charge in [0.15, 0.2) is 6.10 Å². The van der Waals surface area contributed by atoms with Crippen molar-refractivity contribution in [2.75, 3.05) is 4.90 Å². The van der Waals surface area contributed by atoms with Gasteiger partial charge >= 0.3 is 0 Å². The number of hydrogen-bond donors (Lipinski definition) is 0. The third-order valence-corrected chi connectivity index (χ3v) is 6.72. The molecule has 5 heteroatoms. The molecule has 2 bridgehead atoms. The van der Waals surface area contributed by atoms with E-state index in [1.807, 2.05) is 6.07 Å². The highest BCUT2D eigenvalue weighted by molar-refractivity contribution is 6.23. The van der Waals surface area contributed by atoms with Gasteiger partial charge in [0.25, 0.3) is 0 Å². The molecule has 5 nitrogen and oxygen atoms in total. The van der Waals surface area contributed by atoms with Gasteiger partial charge in [-0.1, -0.05) is 54.1 Å². The predicted molar refractivity (Wildman–Crippen MR) is 112 cm³/mol. The van der Waals surface area contributed by atoms with Crippen LogP contribution in [-0.4, -0.2) is 23.7 Å². The zero-order chi connectivity index (χ0) is 21.0. The van der Waals surface area contributed by atoms with Crippen molar-refractivity contribution >= 4 is 23.3 Å². The summed E-state index contributed by atoms with van der Waals surface area (Å²) in [5, 5.41) is 0. The van der Waals surface area contributed by atoms with Crippen molar-refractivity contribution in [3.05, 3.63) is 71.8 Å². The van der Waals surface area contributed by atoms with Gasteiger partial charge in [0.2, 0.25) is 17.6 Å². The molecule has 2 fully saturated rings. The van der Waals surface area contributed by atoms with Crippen LogP contribution in [0.4, 0.5) is 5.69 Å². The van der Waals surface area contributed by atoms with E-state index in [9.17, 15) is 14.4 Å². The lowest BCUT2D eigenvalue weighted by molar-refractivity contribution is -0.123. The molecule has 2 aromatic carbocycles. The van der Waals surface area contributed by atoms with Crippen LogP contribution in [0.1, 0.15) is 30.6 Å². The maximum absolute atomic E-state index is 13.3. The molecule has 0 spiro atoms. The largest absolute Gasteiger partial charge is 0.480 e. The van der Waals surface area contributed by atoms with E-state index in [4.69, 9.17) is 4.74 Å². The van der Waals surface area contributed by atoms with Crippen LogP contribution >= 0.6 is 0 Å². The van der Waals surface area contributed by atoms with Gasteiger partial charge in [0.05, 0.1) is 17.5 Å². The number of anilines is 1. The van der Waals surface area contributed by atoms with E-state index in [1.165, 1.54) is 10.5 Å². The van der Waals surface area contributed by atoms with Gasteiger partial charge in [0, 0.05) is 5.56 Å². The van der Waals surface area contributed by atoms with Crippen molar-refractivity contribution < 1.29 is 19.1 Å². The third-order valence-electron chi connectivity index (χ3n) is 6.72. The Bertz CT molecular complexity index is 1070. The minimum absolute atomic E-state index is 0.146. The van der Waals surface area contributed by atoms with Crippen LogP contribution in [0.5, 0.6) is 5.75 Å². The van der Waals surface area contributed by atoms with Gasteiger partial charge in [-0.25, -0.2) is 4.90 Å². The van der Waals surface area contributed by atoms with Crippen LogP contribution in [0, 0.1) is 23.7 Å². The summed E-state index contributed by atoms with van der Waals surface area (Å²) in [5.41, 5.74) is 2.20. The van der Waals surface area contributed by atoms with Gasteiger partial charge < -0.3 is 4.74 Å². The summed E-state index contributed by atoms with van der Waals surface area (Å²) in [6.45, 7) is 3.73. The average Bonchev–Trinajstić information content (AvgIpc) is 3.39. The lowest BCUT2D eigenvalue weighted by atomic mass is 9.82. The van der Waals surface area contributed by atoms with Crippen molar-refractivity contribution in [2.45, 2.75) is 26.4 Å². The molecule has 0 N–H and O–H groups in total. The summed E-state index contributed by atoms with van der Waals surface area (Å²) in [5.74, 6) is -0.331. The SMILES string of the molecule is CC1=CC2CC1C1C(=O)N(c3ccccc3OC(C)C(=O)c3ccccc3)C(=O)C21. The van der Waals surface area contributed by atoms with Crippen molar-refractivity contribution in [1.82, 2.24) is 0 Å². The molecule has 152 valence electrons. The summed E-state index contributed by atoms with van der Waals surface area (Å²) in [4.78, 5) is 40.5. The standard InChI is InChI=1S/C25H23NO4/c1-14-12-17-13-18(14)22-21(17)24(28)26(25(22)29)19-10-6-7-11-20(19)30-15(2)23(27)16-8-4-3-5-9-16/h3-12,15,17-18,21-22H,13H2,1-2H3. The molecule has 1 saturated heterocycles. The van der Waals surface area contributed by atoms with E-state index in [1.54, 1.807) is 55.5 Å². The van der Waals surface area contributed by atoms with E-state index in [0.717, 1.165) is 6.42 Å². The minimum Gasteiger partial charge on any atom is -0.480 e. The molecule has 2 aromatic rings. The molecule has 30 heavy (non-hydrogen) atoms. The normalized spacial score (nSPS) is 27.8. The predicted octanol–water partition coefficient (Wildman–Crippen LogP) is 4.04. The van der Waals surface area contributed by atoms with Crippen LogP contribution < -0.4 is 9.64 Å². The maximum Gasteiger partial charge on any atom is 0.238 e. The number of nitrogens with zero attached hydrogens (tertiary/aromatic N) is 1. The molecule has 0 radical (unpaired) electrons. The highest BCUT2D eigenvalue weighted by atomic mass is 16.5. The number of imide groups is 1. The lowest BCUT2D eigenvalue weighted by Gasteiger charge is -2.22. The number of carbonyl (C=O) groups excluding carboxylic acids is 3. The summed E-state index contributed by atoms with van der Waals surface area (Å²) in [7, 11) is 0. The van der Waals surface area contributed by atoms with E-state index in [2.05, 4.69) is 13.0 Å². The first-order chi connectivity index (χ1) is 14.5. The number of benzene rings is 2. The van der Waals surface area contributed by atoms with Gasteiger partial charge in [-0.15, -0.1) is 0 Å². The molecule has 5 unspecified atom stereocenters. The van der Waals surface area contributed by atoms with Crippen LogP contribution in [0.25, 0.3) is 0 Å². The van der Waals surface area contributed by atoms with Crippen molar-refractivity contribution in [3.8, 4) is 5.75 Å². The fourth-order valence-electron chi connectivity index (χ4n) is 5.33. The number of Topliss-reactive ketones (excluding diaryl/α,β-unsaturated/α-hetero) is 1. The van der Waals surface area contributed by atoms with Gasteiger partial charge in [-0.3, -0.25) is 14.4 Å². The van der Waals surface area contributed by atoms with Gasteiger partial charge in [0.1, 0.15) is 5.75 Å². The molecule has 1 saturated carbocycles. The van der Waals surface area contributed by atoms with E-state index >= 15 is 0 Å². The Morgan fingerprint density at radius 1 is 1.00 bits per heavy atom. The highest BCUT2D eigenvalue weighted by Gasteiger charge is 2.61. The van der Waals surface area contributed by atoms with Crippen molar-refractivity contribution in [1.29, 1.82) is 0 Å². The number of para-hydroxylation sites is 2. The summed E-state index contributed by atoms with van der Waals surface area (Å²) in [6.07, 6.45) is 2.30. The van der Waals surface area contributed by atoms with Gasteiger partial charge in [-0.05, 0) is 44.2 Å². The second kappa shape index (κ2) is 6.94. The average molecular weight is 401 g/mol. The number of amides is 2. The number of allylic oxidation sites excluding steroid dienone is 2. The number of ketones is 1. The number of carbonyl (C=O) groups is 3. The Morgan fingerprint density at radius 2 is 1.67 bits per heavy atom. The minimum atomic E-state index is -0.749. The molecule has 5 rings (SSSR count). The zero-order valence-electron chi connectivity index (χ0n) is 16.9. The van der Waals surface area contributed by atoms with Crippen LogP contribution in [-0.2, 0) is 9.59 Å². The lowest BCUT2D eigenvalue weighted by Crippen LogP contribution is -2.34. The highest BCUT2D eigenvalue weighted by Crippen LogP contribution is 2.56.